The van der Waals surface area contributed by atoms with Crippen LogP contribution in [0.3, 0.4) is 0 Å². The van der Waals surface area contributed by atoms with E-state index in [1.807, 2.05) is 47.6 Å². The highest BCUT2D eigenvalue weighted by molar-refractivity contribution is 6.31. The smallest absolute Gasteiger partial charge is 0.144 e. The number of aromatic nitrogens is 1. The zero-order chi connectivity index (χ0) is 15.8. The van der Waals surface area contributed by atoms with Gasteiger partial charge in [-0.05, 0) is 48.9 Å². The number of aryl methyl sites for hydroxylation is 1. The first-order valence-electron chi connectivity index (χ1n) is 7.44. The molecule has 23 heavy (non-hydrogen) atoms. The van der Waals surface area contributed by atoms with Crippen LogP contribution in [0.2, 0.25) is 5.02 Å². The molecule has 3 heterocycles. The number of rotatable bonds is 2. The lowest BCUT2D eigenvalue weighted by molar-refractivity contribution is 0.383. The summed E-state index contributed by atoms with van der Waals surface area (Å²) >= 11 is 6.18. The van der Waals surface area contributed by atoms with Crippen LogP contribution in [0.25, 0.3) is 11.3 Å². The molecule has 0 saturated carbocycles. The van der Waals surface area contributed by atoms with Crippen molar-refractivity contribution in [1.29, 1.82) is 0 Å². The Morgan fingerprint density at radius 1 is 1.22 bits per heavy atom. The molecule has 1 aromatic heterocycles. The average molecular weight is 323 g/mol. The second-order valence-electron chi connectivity index (χ2n) is 5.47. The van der Waals surface area contributed by atoms with Crippen LogP contribution >= 0.6 is 11.6 Å². The van der Waals surface area contributed by atoms with Gasteiger partial charge in [0.1, 0.15) is 5.82 Å². The van der Waals surface area contributed by atoms with E-state index in [0.29, 0.717) is 5.02 Å². The van der Waals surface area contributed by atoms with Crippen LogP contribution in [-0.2, 0) is 0 Å². The Hall–Kier alpha value is -2.43. The van der Waals surface area contributed by atoms with Crippen molar-refractivity contribution < 1.29 is 0 Å². The Morgan fingerprint density at radius 3 is 3.04 bits per heavy atom. The molecule has 0 atom stereocenters. The molecule has 4 nitrogen and oxygen atoms in total. The summed E-state index contributed by atoms with van der Waals surface area (Å²) in [6.07, 6.45) is 7.85. The molecule has 0 unspecified atom stereocenters. The minimum absolute atomic E-state index is 0.706. The molecule has 0 radical (unpaired) electrons. The highest BCUT2D eigenvalue weighted by Crippen LogP contribution is 2.29. The van der Waals surface area contributed by atoms with E-state index in [2.05, 4.69) is 23.4 Å². The third-order valence-corrected chi connectivity index (χ3v) is 4.18. The largest absolute Gasteiger partial charge is 0.267 e. The average Bonchev–Trinajstić information content (AvgIpc) is 3.05. The quantitative estimate of drug-likeness (QED) is 0.916. The van der Waals surface area contributed by atoms with Gasteiger partial charge in [0.2, 0.25) is 0 Å². The maximum Gasteiger partial charge on any atom is 0.144 e. The number of nitrogens with zero attached hydrogens (tertiary/aromatic N) is 3. The van der Waals surface area contributed by atoms with Gasteiger partial charge < -0.3 is 0 Å². The second-order valence-corrected chi connectivity index (χ2v) is 5.90. The molecule has 4 rings (SSSR count). The molecule has 0 saturated heterocycles. The molecule has 2 aliphatic heterocycles. The molecule has 114 valence electrons. The van der Waals surface area contributed by atoms with Crippen LogP contribution in [0.5, 0.6) is 0 Å². The van der Waals surface area contributed by atoms with Crippen molar-refractivity contribution in [2.45, 2.75) is 6.92 Å². The Balaban J connectivity index is 1.85. The first-order chi connectivity index (χ1) is 11.2. The summed E-state index contributed by atoms with van der Waals surface area (Å²) < 4.78 is 0. The number of pyridine rings is 1. The predicted molar refractivity (Wildman–Crippen MR) is 93.0 cm³/mol. The Morgan fingerprint density at radius 2 is 2.13 bits per heavy atom. The van der Waals surface area contributed by atoms with Gasteiger partial charge in [0, 0.05) is 35.1 Å². The SMILES string of the molecule is Cc1ccc(Cl)cc1-c1ncccc1C1=NC2=CCNN2C=C1. The third-order valence-electron chi connectivity index (χ3n) is 3.95. The monoisotopic (exact) mass is 322 g/mol. The molecule has 0 spiro atoms. The Bertz CT molecular complexity index is 867. The van der Waals surface area contributed by atoms with Gasteiger partial charge in [0.25, 0.3) is 0 Å². The summed E-state index contributed by atoms with van der Waals surface area (Å²) in [6.45, 7) is 2.86. The van der Waals surface area contributed by atoms with Crippen molar-refractivity contribution in [3.8, 4) is 11.3 Å². The van der Waals surface area contributed by atoms with E-state index in [0.717, 1.165) is 40.5 Å². The van der Waals surface area contributed by atoms with Gasteiger partial charge in [0.15, 0.2) is 0 Å². The van der Waals surface area contributed by atoms with Gasteiger partial charge in [-0.3, -0.25) is 9.99 Å². The first kappa shape index (κ1) is 14.2. The fraction of sp³-hybridized carbons (Fsp3) is 0.111. The van der Waals surface area contributed by atoms with E-state index in [9.17, 15) is 0 Å². The first-order valence-corrected chi connectivity index (χ1v) is 7.82. The number of benzene rings is 1. The molecule has 5 heteroatoms. The van der Waals surface area contributed by atoms with E-state index < -0.39 is 0 Å². The fourth-order valence-electron chi connectivity index (χ4n) is 2.77. The number of nitrogens with one attached hydrogen (secondary N) is 1. The summed E-state index contributed by atoms with van der Waals surface area (Å²) in [5.74, 6) is 0.917. The van der Waals surface area contributed by atoms with E-state index in [-0.39, 0.29) is 0 Å². The standard InChI is InChI=1S/C18H15ClN4/c1-12-4-5-13(19)11-15(12)18-14(3-2-8-20-18)16-7-10-23-17(22-16)6-9-21-23/h2-8,10-11,21H,9H2,1H3. The molecule has 1 N–H and O–H groups in total. The van der Waals surface area contributed by atoms with Gasteiger partial charge in [-0.25, -0.2) is 10.4 Å². The fourth-order valence-corrected chi connectivity index (χ4v) is 2.95. The van der Waals surface area contributed by atoms with Gasteiger partial charge in [-0.15, -0.1) is 0 Å². The molecule has 2 aliphatic rings. The van der Waals surface area contributed by atoms with Crippen molar-refractivity contribution >= 4 is 17.3 Å². The molecule has 0 bridgehead atoms. The highest BCUT2D eigenvalue weighted by Gasteiger charge is 2.19. The van der Waals surface area contributed by atoms with Gasteiger partial charge in [0.05, 0.1) is 11.4 Å². The Labute approximate surface area is 139 Å². The number of fused-ring (bicyclic) bond motifs is 1. The van der Waals surface area contributed by atoms with E-state index in [4.69, 9.17) is 16.6 Å². The minimum Gasteiger partial charge on any atom is -0.267 e. The molecular weight excluding hydrogens is 308 g/mol. The lowest BCUT2D eigenvalue weighted by Crippen LogP contribution is -2.28. The topological polar surface area (TPSA) is 40.5 Å². The number of hydrogen-bond donors (Lipinski definition) is 1. The number of halogens is 1. The maximum atomic E-state index is 6.18. The van der Waals surface area contributed by atoms with Crippen molar-refractivity contribution in [3.05, 3.63) is 76.9 Å². The van der Waals surface area contributed by atoms with Crippen LogP contribution in [-0.4, -0.2) is 22.2 Å². The molecule has 0 aliphatic carbocycles. The van der Waals surface area contributed by atoms with Crippen LogP contribution in [0.15, 0.2) is 65.7 Å². The van der Waals surface area contributed by atoms with Gasteiger partial charge in [-0.2, -0.15) is 0 Å². The third kappa shape index (κ3) is 2.56. The van der Waals surface area contributed by atoms with Crippen molar-refractivity contribution in [2.75, 3.05) is 6.54 Å². The van der Waals surface area contributed by atoms with E-state index >= 15 is 0 Å². The number of allylic oxidation sites excluding steroid dienone is 1. The van der Waals surface area contributed by atoms with Gasteiger partial charge in [-0.1, -0.05) is 17.7 Å². The number of aliphatic imine (C=N–C) groups is 1. The van der Waals surface area contributed by atoms with Gasteiger partial charge >= 0.3 is 0 Å². The summed E-state index contributed by atoms with van der Waals surface area (Å²) in [6, 6.07) is 9.85. The summed E-state index contributed by atoms with van der Waals surface area (Å²) in [5, 5.41) is 2.63. The normalized spacial score (nSPS) is 16.2. The van der Waals surface area contributed by atoms with Crippen LogP contribution in [0, 0.1) is 6.92 Å². The predicted octanol–water partition coefficient (Wildman–Crippen LogP) is 3.69. The van der Waals surface area contributed by atoms with Crippen molar-refractivity contribution in [2.24, 2.45) is 4.99 Å². The van der Waals surface area contributed by atoms with Crippen molar-refractivity contribution in [1.82, 2.24) is 15.4 Å². The van der Waals surface area contributed by atoms with Crippen LogP contribution in [0.1, 0.15) is 11.1 Å². The summed E-state index contributed by atoms with van der Waals surface area (Å²) in [7, 11) is 0. The van der Waals surface area contributed by atoms with Crippen molar-refractivity contribution in [3.63, 3.8) is 0 Å². The lowest BCUT2D eigenvalue weighted by atomic mass is 9.98. The van der Waals surface area contributed by atoms with E-state index in [1.54, 1.807) is 6.20 Å². The maximum absolute atomic E-state index is 6.18. The number of hydrogen-bond acceptors (Lipinski definition) is 4. The molecule has 1 aromatic carbocycles. The number of hydrazine groups is 1. The molecule has 2 aromatic rings. The molecule has 0 fully saturated rings. The highest BCUT2D eigenvalue weighted by atomic mass is 35.5. The van der Waals surface area contributed by atoms with Crippen LogP contribution < -0.4 is 5.43 Å². The zero-order valence-corrected chi connectivity index (χ0v) is 13.4. The summed E-state index contributed by atoms with van der Waals surface area (Å²) in [5.41, 5.74) is 8.18. The Kier molecular flexibility index (Phi) is 3.48. The second kappa shape index (κ2) is 5.65. The van der Waals surface area contributed by atoms with E-state index in [1.165, 1.54) is 0 Å². The minimum atomic E-state index is 0.706. The molecular formula is C18H15ClN4. The zero-order valence-electron chi connectivity index (χ0n) is 12.6. The summed E-state index contributed by atoms with van der Waals surface area (Å²) in [4.78, 5) is 9.32. The lowest BCUT2D eigenvalue weighted by Gasteiger charge is -2.20. The van der Waals surface area contributed by atoms with Crippen LogP contribution in [0.4, 0.5) is 0 Å². The molecule has 0 amide bonds.